The van der Waals surface area contributed by atoms with Crippen LogP contribution in [0.1, 0.15) is 23.1 Å². The van der Waals surface area contributed by atoms with Crippen LogP contribution in [0.25, 0.3) is 11.3 Å². The molecule has 1 aromatic heterocycles. The maximum atomic E-state index is 12.9. The van der Waals surface area contributed by atoms with Crippen LogP contribution in [0.15, 0.2) is 29.3 Å². The predicted octanol–water partition coefficient (Wildman–Crippen LogP) is 3.27. The first-order chi connectivity index (χ1) is 13.7. The molecule has 0 saturated heterocycles. The van der Waals surface area contributed by atoms with Gasteiger partial charge in [0.1, 0.15) is 11.6 Å². The fourth-order valence-electron chi connectivity index (χ4n) is 3.50. The number of aryl methyl sites for hydroxylation is 1. The smallest absolute Gasteiger partial charge is 0.416 e. The van der Waals surface area contributed by atoms with E-state index in [9.17, 15) is 18.3 Å². The van der Waals surface area contributed by atoms with Crippen LogP contribution in [-0.2, 0) is 6.18 Å². The first-order valence-corrected chi connectivity index (χ1v) is 8.96. The molecule has 0 radical (unpaired) electrons. The number of hydrogen-bond acceptors (Lipinski definition) is 6. The first kappa shape index (κ1) is 20.6. The third kappa shape index (κ3) is 4.03. The van der Waals surface area contributed by atoms with E-state index in [0.717, 1.165) is 6.07 Å². The van der Waals surface area contributed by atoms with Crippen LogP contribution >= 0.6 is 0 Å². The highest BCUT2D eigenvalue weighted by Gasteiger charge is 2.39. The summed E-state index contributed by atoms with van der Waals surface area (Å²) in [5.74, 6) is -0.471. The summed E-state index contributed by atoms with van der Waals surface area (Å²) in [4.78, 5) is 8.65. The molecule has 2 unspecified atom stereocenters. The number of aromatic hydroxyl groups is 1. The molecule has 0 amide bonds. The molecule has 1 heterocycles. The normalized spacial score (nSPS) is 21.7. The summed E-state index contributed by atoms with van der Waals surface area (Å²) in [6.07, 6.45) is -2.35. The summed E-state index contributed by atoms with van der Waals surface area (Å²) in [6, 6.07) is 6.98. The molecule has 1 fully saturated rings. The van der Waals surface area contributed by atoms with Gasteiger partial charge in [-0.2, -0.15) is 18.4 Å². The SMILES string of the molecule is Cc1cc(C(F)(F)F)cc(O)c1-c1ccc(C=NC2C[C@H](C#N)C2CN)c(N)n1. The highest BCUT2D eigenvalue weighted by molar-refractivity contribution is 5.87. The van der Waals surface area contributed by atoms with Crippen LogP contribution in [0.4, 0.5) is 19.0 Å². The Morgan fingerprint density at radius 1 is 1.38 bits per heavy atom. The quantitative estimate of drug-likeness (QED) is 0.677. The number of hydrogen-bond donors (Lipinski definition) is 3. The summed E-state index contributed by atoms with van der Waals surface area (Å²) in [5, 5.41) is 19.1. The van der Waals surface area contributed by atoms with E-state index in [-0.39, 0.29) is 40.5 Å². The molecule has 9 heteroatoms. The van der Waals surface area contributed by atoms with E-state index in [1.54, 1.807) is 18.3 Å². The van der Waals surface area contributed by atoms with E-state index in [0.29, 0.717) is 24.6 Å². The van der Waals surface area contributed by atoms with Gasteiger partial charge in [-0.1, -0.05) is 0 Å². The number of aliphatic imine (C=N–C) groups is 1. The summed E-state index contributed by atoms with van der Waals surface area (Å²) in [5.41, 5.74) is 11.9. The summed E-state index contributed by atoms with van der Waals surface area (Å²) >= 11 is 0. The molecule has 1 saturated carbocycles. The van der Waals surface area contributed by atoms with E-state index >= 15 is 0 Å². The number of phenolic OH excluding ortho intramolecular Hbond substituents is 1. The number of anilines is 1. The number of nitrogen functional groups attached to an aromatic ring is 1. The second-order valence-electron chi connectivity index (χ2n) is 7.07. The second-order valence-corrected chi connectivity index (χ2v) is 7.07. The zero-order valence-corrected chi connectivity index (χ0v) is 15.6. The van der Waals surface area contributed by atoms with Gasteiger partial charge in [-0.25, -0.2) is 4.98 Å². The number of nitrogens with zero attached hydrogens (tertiary/aromatic N) is 3. The van der Waals surface area contributed by atoms with Crippen molar-refractivity contribution in [3.05, 3.63) is 41.0 Å². The van der Waals surface area contributed by atoms with Gasteiger partial charge in [0.25, 0.3) is 0 Å². The first-order valence-electron chi connectivity index (χ1n) is 8.96. The number of nitriles is 1. The average molecular weight is 403 g/mol. The Bertz CT molecular complexity index is 974. The number of nitrogens with two attached hydrogens (primary N) is 2. The maximum Gasteiger partial charge on any atom is 0.416 e. The Balaban J connectivity index is 1.86. The third-order valence-electron chi connectivity index (χ3n) is 5.21. The fourth-order valence-corrected chi connectivity index (χ4v) is 3.50. The predicted molar refractivity (Wildman–Crippen MR) is 103 cm³/mol. The van der Waals surface area contributed by atoms with Crippen LogP contribution in [0.5, 0.6) is 5.75 Å². The van der Waals surface area contributed by atoms with E-state index in [1.807, 2.05) is 0 Å². The van der Waals surface area contributed by atoms with Gasteiger partial charge in [0, 0.05) is 23.3 Å². The minimum Gasteiger partial charge on any atom is -0.507 e. The Labute approximate surface area is 165 Å². The molecule has 6 nitrogen and oxygen atoms in total. The Kier molecular flexibility index (Phi) is 5.48. The molecule has 1 aliphatic rings. The number of benzene rings is 1. The van der Waals surface area contributed by atoms with Crippen LogP contribution < -0.4 is 11.5 Å². The van der Waals surface area contributed by atoms with Crippen LogP contribution in [0.2, 0.25) is 0 Å². The van der Waals surface area contributed by atoms with E-state index < -0.39 is 17.5 Å². The van der Waals surface area contributed by atoms with Crippen molar-refractivity contribution in [1.82, 2.24) is 4.98 Å². The number of rotatable bonds is 4. The highest BCUT2D eigenvalue weighted by atomic mass is 19.4. The maximum absolute atomic E-state index is 12.9. The molecule has 0 aliphatic heterocycles. The summed E-state index contributed by atoms with van der Waals surface area (Å²) in [6.45, 7) is 1.84. The largest absolute Gasteiger partial charge is 0.507 e. The molecule has 1 aliphatic carbocycles. The van der Waals surface area contributed by atoms with E-state index in [2.05, 4.69) is 16.0 Å². The zero-order valence-electron chi connectivity index (χ0n) is 15.6. The molecular weight excluding hydrogens is 383 g/mol. The lowest BCUT2D eigenvalue weighted by Crippen LogP contribution is -2.44. The lowest BCUT2D eigenvalue weighted by atomic mass is 9.70. The van der Waals surface area contributed by atoms with Gasteiger partial charge in [0.05, 0.1) is 29.3 Å². The molecule has 1 aromatic carbocycles. The van der Waals surface area contributed by atoms with Crippen molar-refractivity contribution in [2.24, 2.45) is 22.6 Å². The summed E-state index contributed by atoms with van der Waals surface area (Å²) < 4.78 is 38.7. The zero-order chi connectivity index (χ0) is 21.3. The monoisotopic (exact) mass is 403 g/mol. The third-order valence-corrected chi connectivity index (χ3v) is 5.21. The van der Waals surface area contributed by atoms with Crippen LogP contribution in [-0.4, -0.2) is 28.9 Å². The minimum atomic E-state index is -4.55. The lowest BCUT2D eigenvalue weighted by Gasteiger charge is -2.37. The molecule has 2 aromatic rings. The number of halogens is 3. The van der Waals surface area contributed by atoms with Crippen LogP contribution in [0.3, 0.4) is 0 Å². The van der Waals surface area contributed by atoms with E-state index in [1.165, 1.54) is 6.92 Å². The molecule has 3 atom stereocenters. The van der Waals surface area contributed by atoms with Crippen molar-refractivity contribution in [3.8, 4) is 23.1 Å². The van der Waals surface area contributed by atoms with Crippen molar-refractivity contribution in [2.75, 3.05) is 12.3 Å². The average Bonchev–Trinajstić information content (AvgIpc) is 2.61. The topological polar surface area (TPSA) is 121 Å². The molecule has 3 rings (SSSR count). The fraction of sp³-hybridized carbons (Fsp3) is 0.350. The van der Waals surface area contributed by atoms with Crippen molar-refractivity contribution in [2.45, 2.75) is 25.6 Å². The lowest BCUT2D eigenvalue weighted by molar-refractivity contribution is -0.137. The van der Waals surface area contributed by atoms with Gasteiger partial charge in [0.2, 0.25) is 0 Å². The highest BCUT2D eigenvalue weighted by Crippen LogP contribution is 2.39. The number of pyridine rings is 1. The molecule has 0 bridgehead atoms. The van der Waals surface area contributed by atoms with Crippen molar-refractivity contribution in [1.29, 1.82) is 5.26 Å². The number of aromatic nitrogens is 1. The Morgan fingerprint density at radius 2 is 2.10 bits per heavy atom. The standard InChI is InChI=1S/C20H20F3N5O/c1-10-4-13(20(21,22)23)6-17(29)18(10)15-3-2-11(19(26)28-15)9-27-16-5-12(7-24)14(16)8-25/h2-4,6,9,12,14,16,29H,5,8,25H2,1H3,(H2,26,28)/t12-,14?,16?/m1/s1. The number of phenols is 1. The summed E-state index contributed by atoms with van der Waals surface area (Å²) in [7, 11) is 0. The molecule has 29 heavy (non-hydrogen) atoms. The molecular formula is C20H20F3N5O. The van der Waals surface area contributed by atoms with E-state index in [4.69, 9.17) is 16.7 Å². The molecule has 0 spiro atoms. The van der Waals surface area contributed by atoms with Crippen LogP contribution in [0, 0.1) is 30.1 Å². The molecule has 5 N–H and O–H groups in total. The van der Waals surface area contributed by atoms with Crippen molar-refractivity contribution >= 4 is 12.0 Å². The van der Waals surface area contributed by atoms with Crippen molar-refractivity contribution in [3.63, 3.8) is 0 Å². The Morgan fingerprint density at radius 3 is 2.66 bits per heavy atom. The van der Waals surface area contributed by atoms with Gasteiger partial charge in [-0.15, -0.1) is 0 Å². The van der Waals surface area contributed by atoms with Gasteiger partial charge < -0.3 is 16.6 Å². The van der Waals surface area contributed by atoms with Gasteiger partial charge in [-0.05, 0) is 49.7 Å². The minimum absolute atomic E-state index is 0.0106. The Hall–Kier alpha value is -3.12. The second kappa shape index (κ2) is 7.72. The van der Waals surface area contributed by atoms with Crippen molar-refractivity contribution < 1.29 is 18.3 Å². The number of alkyl halides is 3. The molecule has 152 valence electrons. The van der Waals surface area contributed by atoms with Gasteiger partial charge in [0.15, 0.2) is 0 Å². The van der Waals surface area contributed by atoms with Gasteiger partial charge >= 0.3 is 6.18 Å². The van der Waals surface area contributed by atoms with Gasteiger partial charge in [-0.3, -0.25) is 4.99 Å².